The molecule has 3 N–H and O–H groups in total. The SMILES string of the molecule is C=C(C)C[C@@H](C(=O)NCC)[C@H](CCC)C(N)=O. The molecule has 0 unspecified atom stereocenters. The number of amides is 2. The van der Waals surface area contributed by atoms with Gasteiger partial charge >= 0.3 is 0 Å². The van der Waals surface area contributed by atoms with Crippen molar-refractivity contribution < 1.29 is 9.59 Å². The van der Waals surface area contributed by atoms with E-state index in [2.05, 4.69) is 11.9 Å². The molecule has 4 nitrogen and oxygen atoms in total. The maximum Gasteiger partial charge on any atom is 0.224 e. The Morgan fingerprint density at radius 1 is 1.29 bits per heavy atom. The van der Waals surface area contributed by atoms with E-state index in [1.165, 1.54) is 0 Å². The van der Waals surface area contributed by atoms with Gasteiger partial charge in [-0.2, -0.15) is 0 Å². The van der Waals surface area contributed by atoms with Crippen molar-refractivity contribution >= 4 is 11.8 Å². The lowest BCUT2D eigenvalue weighted by atomic mass is 9.83. The molecular weight excluding hydrogens is 216 g/mol. The van der Waals surface area contributed by atoms with Crippen LogP contribution >= 0.6 is 0 Å². The summed E-state index contributed by atoms with van der Waals surface area (Å²) in [6.45, 7) is 10.1. The average molecular weight is 240 g/mol. The summed E-state index contributed by atoms with van der Waals surface area (Å²) in [6, 6.07) is 0. The molecule has 0 aliphatic heterocycles. The molecule has 0 aromatic carbocycles. The van der Waals surface area contributed by atoms with Gasteiger partial charge in [0.25, 0.3) is 0 Å². The molecule has 98 valence electrons. The first kappa shape index (κ1) is 15.7. The van der Waals surface area contributed by atoms with Crippen LogP contribution in [0, 0.1) is 11.8 Å². The van der Waals surface area contributed by atoms with Crippen molar-refractivity contribution in [2.24, 2.45) is 17.6 Å². The normalized spacial score (nSPS) is 13.8. The van der Waals surface area contributed by atoms with Crippen molar-refractivity contribution in [3.8, 4) is 0 Å². The second-order valence-electron chi connectivity index (χ2n) is 4.46. The topological polar surface area (TPSA) is 72.2 Å². The molecule has 0 rings (SSSR count). The van der Waals surface area contributed by atoms with Crippen LogP contribution in [0.25, 0.3) is 0 Å². The summed E-state index contributed by atoms with van der Waals surface area (Å²) in [5.74, 6) is -1.29. The van der Waals surface area contributed by atoms with E-state index < -0.39 is 11.8 Å². The zero-order valence-electron chi connectivity index (χ0n) is 11.1. The van der Waals surface area contributed by atoms with Gasteiger partial charge in [-0.05, 0) is 26.7 Å². The van der Waals surface area contributed by atoms with Gasteiger partial charge in [0.05, 0.1) is 5.92 Å². The molecule has 0 aliphatic carbocycles. The van der Waals surface area contributed by atoms with Crippen LogP contribution in [0.5, 0.6) is 0 Å². The highest BCUT2D eigenvalue weighted by Crippen LogP contribution is 2.24. The van der Waals surface area contributed by atoms with Gasteiger partial charge in [-0.1, -0.05) is 18.9 Å². The summed E-state index contributed by atoms with van der Waals surface area (Å²) in [5, 5.41) is 2.76. The minimum absolute atomic E-state index is 0.104. The summed E-state index contributed by atoms with van der Waals surface area (Å²) in [4.78, 5) is 23.4. The van der Waals surface area contributed by atoms with Gasteiger partial charge < -0.3 is 11.1 Å². The Balaban J connectivity index is 4.90. The standard InChI is InChI=1S/C13H24N2O2/c1-5-7-10(12(14)16)11(8-9(3)4)13(17)15-6-2/h10-11H,3,5-8H2,1-2,4H3,(H2,14,16)(H,15,17)/t10-,11+/m0/s1. The van der Waals surface area contributed by atoms with Crippen LogP contribution in [0.1, 0.15) is 40.0 Å². The van der Waals surface area contributed by atoms with Crippen LogP contribution in [-0.4, -0.2) is 18.4 Å². The average Bonchev–Trinajstić information content (AvgIpc) is 2.22. The van der Waals surface area contributed by atoms with Gasteiger partial charge in [-0.3, -0.25) is 9.59 Å². The van der Waals surface area contributed by atoms with E-state index >= 15 is 0 Å². The van der Waals surface area contributed by atoms with E-state index in [1.807, 2.05) is 20.8 Å². The Morgan fingerprint density at radius 3 is 2.24 bits per heavy atom. The van der Waals surface area contributed by atoms with E-state index in [0.29, 0.717) is 19.4 Å². The number of hydrogen-bond donors (Lipinski definition) is 2. The predicted molar refractivity (Wildman–Crippen MR) is 69.2 cm³/mol. The first-order valence-electron chi connectivity index (χ1n) is 6.15. The number of carbonyl (C=O) groups excluding carboxylic acids is 2. The largest absolute Gasteiger partial charge is 0.369 e. The van der Waals surface area contributed by atoms with Crippen LogP contribution in [0.15, 0.2) is 12.2 Å². The maximum atomic E-state index is 11.9. The summed E-state index contributed by atoms with van der Waals surface area (Å²) < 4.78 is 0. The van der Waals surface area contributed by atoms with Gasteiger partial charge in [0, 0.05) is 12.5 Å². The maximum absolute atomic E-state index is 11.9. The van der Waals surface area contributed by atoms with E-state index in [0.717, 1.165) is 12.0 Å². The molecule has 0 fully saturated rings. The molecule has 2 amide bonds. The number of nitrogens with two attached hydrogens (primary N) is 1. The number of nitrogens with one attached hydrogen (secondary N) is 1. The summed E-state index contributed by atoms with van der Waals surface area (Å²) in [6.07, 6.45) is 1.99. The minimum atomic E-state index is -0.400. The fourth-order valence-electron chi connectivity index (χ4n) is 1.95. The van der Waals surface area contributed by atoms with Gasteiger partial charge in [0.1, 0.15) is 0 Å². The van der Waals surface area contributed by atoms with Crippen LogP contribution in [-0.2, 0) is 9.59 Å². The molecule has 0 aromatic heterocycles. The molecule has 0 bridgehead atoms. The number of allylic oxidation sites excluding steroid dienone is 1. The van der Waals surface area contributed by atoms with Crippen molar-refractivity contribution in [2.45, 2.75) is 40.0 Å². The second-order valence-corrected chi connectivity index (χ2v) is 4.46. The van der Waals surface area contributed by atoms with Gasteiger partial charge in [0.2, 0.25) is 11.8 Å². The lowest BCUT2D eigenvalue weighted by Gasteiger charge is -2.23. The molecule has 0 aliphatic rings. The zero-order valence-corrected chi connectivity index (χ0v) is 11.1. The van der Waals surface area contributed by atoms with Crippen molar-refractivity contribution in [1.82, 2.24) is 5.32 Å². The quantitative estimate of drug-likeness (QED) is 0.633. The van der Waals surface area contributed by atoms with Crippen molar-refractivity contribution in [1.29, 1.82) is 0 Å². The molecule has 0 saturated carbocycles. The lowest BCUT2D eigenvalue weighted by molar-refractivity contribution is -0.133. The predicted octanol–water partition coefficient (Wildman–Crippen LogP) is 1.61. The first-order chi connectivity index (χ1) is 7.93. The molecule has 0 heterocycles. The number of rotatable bonds is 8. The summed E-state index contributed by atoms with van der Waals surface area (Å²) in [7, 11) is 0. The third kappa shape index (κ3) is 5.52. The third-order valence-electron chi connectivity index (χ3n) is 2.71. The molecule has 2 atom stereocenters. The monoisotopic (exact) mass is 240 g/mol. The van der Waals surface area contributed by atoms with Gasteiger partial charge in [0.15, 0.2) is 0 Å². The Labute approximate surface area is 104 Å². The number of hydrogen-bond acceptors (Lipinski definition) is 2. The Bertz CT molecular complexity index is 287. The zero-order chi connectivity index (χ0) is 13.4. The van der Waals surface area contributed by atoms with Gasteiger partial charge in [-0.25, -0.2) is 0 Å². The highest BCUT2D eigenvalue weighted by Gasteiger charge is 2.31. The molecule has 0 aromatic rings. The second kappa shape index (κ2) is 7.87. The molecule has 0 spiro atoms. The van der Waals surface area contributed by atoms with E-state index in [9.17, 15) is 9.59 Å². The van der Waals surface area contributed by atoms with E-state index in [4.69, 9.17) is 5.73 Å². The Hall–Kier alpha value is -1.32. The van der Waals surface area contributed by atoms with Crippen LogP contribution in [0.3, 0.4) is 0 Å². The summed E-state index contributed by atoms with van der Waals surface area (Å²) in [5.41, 5.74) is 6.28. The van der Waals surface area contributed by atoms with Crippen molar-refractivity contribution in [2.75, 3.05) is 6.54 Å². The molecular formula is C13H24N2O2. The smallest absolute Gasteiger partial charge is 0.224 e. The number of primary amides is 1. The fraction of sp³-hybridized carbons (Fsp3) is 0.692. The molecule has 17 heavy (non-hydrogen) atoms. The summed E-state index contributed by atoms with van der Waals surface area (Å²) >= 11 is 0. The first-order valence-corrected chi connectivity index (χ1v) is 6.15. The Kier molecular flexibility index (Phi) is 7.26. The Morgan fingerprint density at radius 2 is 1.88 bits per heavy atom. The minimum Gasteiger partial charge on any atom is -0.369 e. The van der Waals surface area contributed by atoms with Crippen LogP contribution in [0.2, 0.25) is 0 Å². The molecule has 4 heteroatoms. The van der Waals surface area contributed by atoms with Crippen molar-refractivity contribution in [3.05, 3.63) is 12.2 Å². The molecule has 0 radical (unpaired) electrons. The van der Waals surface area contributed by atoms with Crippen LogP contribution in [0.4, 0.5) is 0 Å². The lowest BCUT2D eigenvalue weighted by Crippen LogP contribution is -2.40. The highest BCUT2D eigenvalue weighted by molar-refractivity contribution is 5.87. The third-order valence-corrected chi connectivity index (χ3v) is 2.71. The molecule has 0 saturated heterocycles. The van der Waals surface area contributed by atoms with E-state index in [-0.39, 0.29) is 11.8 Å². The van der Waals surface area contributed by atoms with Gasteiger partial charge in [-0.15, -0.1) is 6.58 Å². The van der Waals surface area contributed by atoms with Crippen molar-refractivity contribution in [3.63, 3.8) is 0 Å². The number of carbonyl (C=O) groups is 2. The fourth-order valence-corrected chi connectivity index (χ4v) is 1.95. The van der Waals surface area contributed by atoms with E-state index in [1.54, 1.807) is 0 Å². The van der Waals surface area contributed by atoms with Crippen LogP contribution < -0.4 is 11.1 Å². The highest BCUT2D eigenvalue weighted by atomic mass is 16.2.